The summed E-state index contributed by atoms with van der Waals surface area (Å²) in [5.74, 6) is 0.191. The van der Waals surface area contributed by atoms with Crippen LogP contribution in [0.2, 0.25) is 0 Å². The lowest BCUT2D eigenvalue weighted by atomic mass is 9.95. The van der Waals surface area contributed by atoms with Crippen molar-refractivity contribution in [1.29, 1.82) is 0 Å². The fourth-order valence-corrected chi connectivity index (χ4v) is 2.31. The molecule has 1 fully saturated rings. The lowest BCUT2D eigenvalue weighted by Gasteiger charge is -2.34. The predicted molar refractivity (Wildman–Crippen MR) is 66.2 cm³/mol. The number of piperidine rings is 1. The van der Waals surface area contributed by atoms with Gasteiger partial charge in [0.05, 0.1) is 6.10 Å². The molecule has 2 atom stereocenters. The van der Waals surface area contributed by atoms with E-state index in [1.807, 2.05) is 13.0 Å². The van der Waals surface area contributed by atoms with Gasteiger partial charge in [0.1, 0.15) is 5.82 Å². The van der Waals surface area contributed by atoms with Gasteiger partial charge in [0.25, 0.3) is 0 Å². The lowest BCUT2D eigenvalue weighted by molar-refractivity contribution is 0.0258. The Labute approximate surface area is 102 Å². The molecular formula is C14H20FNO. The first-order valence-electron chi connectivity index (χ1n) is 6.21. The Kier molecular flexibility index (Phi) is 3.79. The van der Waals surface area contributed by atoms with Crippen LogP contribution in [-0.2, 0) is 6.54 Å². The number of aliphatic hydroxyl groups excluding tert-OH is 1. The molecule has 1 N–H and O–H groups in total. The molecule has 0 saturated carbocycles. The Morgan fingerprint density at radius 2 is 2.24 bits per heavy atom. The third-order valence-electron chi connectivity index (χ3n) is 3.71. The summed E-state index contributed by atoms with van der Waals surface area (Å²) < 4.78 is 13.2. The number of β-amino-alcohol motifs (C(OH)–C–C–N with tert-alkyl or cyclic N) is 1. The quantitative estimate of drug-likeness (QED) is 0.853. The maximum Gasteiger partial charge on any atom is 0.123 e. The summed E-state index contributed by atoms with van der Waals surface area (Å²) in [6.07, 6.45) is 0.757. The van der Waals surface area contributed by atoms with E-state index in [1.54, 1.807) is 6.07 Å². The normalized spacial score (nSPS) is 26.1. The largest absolute Gasteiger partial charge is 0.392 e. The zero-order valence-corrected chi connectivity index (χ0v) is 10.5. The fourth-order valence-electron chi connectivity index (χ4n) is 2.31. The van der Waals surface area contributed by atoms with Crippen LogP contribution in [0.4, 0.5) is 4.39 Å². The molecule has 2 nitrogen and oxygen atoms in total. The lowest BCUT2D eigenvalue weighted by Crippen LogP contribution is -2.42. The van der Waals surface area contributed by atoms with E-state index in [0.717, 1.165) is 30.6 Å². The maximum atomic E-state index is 13.2. The molecule has 1 saturated heterocycles. The number of aliphatic hydroxyl groups is 1. The molecule has 0 spiro atoms. The van der Waals surface area contributed by atoms with E-state index in [9.17, 15) is 9.50 Å². The molecule has 94 valence electrons. The van der Waals surface area contributed by atoms with Crippen molar-refractivity contribution in [3.63, 3.8) is 0 Å². The zero-order chi connectivity index (χ0) is 12.4. The van der Waals surface area contributed by atoms with Gasteiger partial charge in [0, 0.05) is 13.1 Å². The minimum absolute atomic E-state index is 0.184. The van der Waals surface area contributed by atoms with Crippen LogP contribution in [0.15, 0.2) is 18.2 Å². The molecule has 17 heavy (non-hydrogen) atoms. The van der Waals surface area contributed by atoms with Crippen LogP contribution in [-0.4, -0.2) is 29.2 Å². The van der Waals surface area contributed by atoms with Crippen LogP contribution in [0.5, 0.6) is 0 Å². The van der Waals surface area contributed by atoms with Crippen LogP contribution < -0.4 is 0 Å². The van der Waals surface area contributed by atoms with Gasteiger partial charge < -0.3 is 5.11 Å². The van der Waals surface area contributed by atoms with E-state index in [2.05, 4.69) is 11.8 Å². The topological polar surface area (TPSA) is 23.5 Å². The Morgan fingerprint density at radius 1 is 1.47 bits per heavy atom. The van der Waals surface area contributed by atoms with Gasteiger partial charge in [-0.1, -0.05) is 13.0 Å². The summed E-state index contributed by atoms with van der Waals surface area (Å²) in [7, 11) is 0. The Balaban J connectivity index is 2.03. The highest BCUT2D eigenvalue weighted by Crippen LogP contribution is 2.20. The summed E-state index contributed by atoms with van der Waals surface area (Å²) in [4.78, 5) is 2.20. The summed E-state index contributed by atoms with van der Waals surface area (Å²) >= 11 is 0. The smallest absolute Gasteiger partial charge is 0.123 e. The monoisotopic (exact) mass is 237 g/mol. The minimum atomic E-state index is -0.252. The van der Waals surface area contributed by atoms with E-state index in [4.69, 9.17) is 0 Å². The van der Waals surface area contributed by atoms with Crippen LogP contribution in [0.25, 0.3) is 0 Å². The highest BCUT2D eigenvalue weighted by molar-refractivity contribution is 5.26. The van der Waals surface area contributed by atoms with Gasteiger partial charge in [0.15, 0.2) is 0 Å². The van der Waals surface area contributed by atoms with Crippen LogP contribution in [0, 0.1) is 18.7 Å². The summed E-state index contributed by atoms with van der Waals surface area (Å²) in [6.45, 7) is 6.48. The molecular weight excluding hydrogens is 217 g/mol. The number of hydrogen-bond acceptors (Lipinski definition) is 2. The second-order valence-electron chi connectivity index (χ2n) is 5.14. The van der Waals surface area contributed by atoms with Crippen molar-refractivity contribution in [2.45, 2.75) is 32.9 Å². The average Bonchev–Trinajstić information content (AvgIpc) is 2.29. The average molecular weight is 237 g/mol. The van der Waals surface area contributed by atoms with Gasteiger partial charge in [0.2, 0.25) is 0 Å². The molecule has 1 aromatic carbocycles. The highest BCUT2D eigenvalue weighted by Gasteiger charge is 2.24. The van der Waals surface area contributed by atoms with E-state index in [-0.39, 0.29) is 11.9 Å². The van der Waals surface area contributed by atoms with E-state index in [1.165, 1.54) is 6.07 Å². The zero-order valence-electron chi connectivity index (χ0n) is 10.5. The molecule has 2 unspecified atom stereocenters. The van der Waals surface area contributed by atoms with Crippen LogP contribution in [0.1, 0.15) is 24.5 Å². The minimum Gasteiger partial charge on any atom is -0.392 e. The van der Waals surface area contributed by atoms with Gasteiger partial charge in [-0.2, -0.15) is 0 Å². The Bertz CT molecular complexity index is 394. The van der Waals surface area contributed by atoms with Crippen molar-refractivity contribution in [3.05, 3.63) is 35.1 Å². The molecule has 0 bridgehead atoms. The second-order valence-corrected chi connectivity index (χ2v) is 5.14. The van der Waals surface area contributed by atoms with E-state index >= 15 is 0 Å². The van der Waals surface area contributed by atoms with Crippen molar-refractivity contribution in [1.82, 2.24) is 4.90 Å². The number of nitrogens with zero attached hydrogens (tertiary/aromatic N) is 1. The molecule has 0 radical (unpaired) electrons. The second kappa shape index (κ2) is 5.15. The first-order valence-corrected chi connectivity index (χ1v) is 6.21. The van der Waals surface area contributed by atoms with Gasteiger partial charge in [-0.15, -0.1) is 0 Å². The molecule has 1 aliphatic rings. The molecule has 1 heterocycles. The highest BCUT2D eigenvalue weighted by atomic mass is 19.1. The van der Waals surface area contributed by atoms with Crippen LogP contribution >= 0.6 is 0 Å². The maximum absolute atomic E-state index is 13.2. The van der Waals surface area contributed by atoms with Gasteiger partial charge in [-0.3, -0.25) is 4.90 Å². The summed E-state index contributed by atoms with van der Waals surface area (Å²) in [5.41, 5.74) is 2.13. The molecule has 0 amide bonds. The molecule has 1 aliphatic heterocycles. The van der Waals surface area contributed by atoms with Gasteiger partial charge >= 0.3 is 0 Å². The molecule has 0 aromatic heterocycles. The molecule has 3 heteroatoms. The Morgan fingerprint density at radius 3 is 2.94 bits per heavy atom. The van der Waals surface area contributed by atoms with Crippen molar-refractivity contribution >= 4 is 0 Å². The molecule has 2 rings (SSSR count). The van der Waals surface area contributed by atoms with E-state index in [0.29, 0.717) is 12.5 Å². The fraction of sp³-hybridized carbons (Fsp3) is 0.571. The van der Waals surface area contributed by atoms with Gasteiger partial charge in [-0.05, 0) is 49.1 Å². The van der Waals surface area contributed by atoms with Gasteiger partial charge in [-0.25, -0.2) is 4.39 Å². The third-order valence-corrected chi connectivity index (χ3v) is 3.71. The third kappa shape index (κ3) is 3.05. The number of aryl methyl sites for hydroxylation is 1. The first kappa shape index (κ1) is 12.5. The molecule has 1 aromatic rings. The number of halogens is 1. The van der Waals surface area contributed by atoms with Crippen LogP contribution in [0.3, 0.4) is 0 Å². The predicted octanol–water partition coefficient (Wildman–Crippen LogP) is 2.34. The first-order chi connectivity index (χ1) is 8.06. The van der Waals surface area contributed by atoms with Crippen molar-refractivity contribution in [2.75, 3.05) is 13.1 Å². The standard InChI is InChI=1S/C14H20FNO/c1-10-3-4-13(15)7-12(10)8-16-6-5-11(2)14(17)9-16/h3-4,7,11,14,17H,5-6,8-9H2,1-2H3. The SMILES string of the molecule is Cc1ccc(F)cc1CN1CCC(C)C(O)C1. The molecule has 0 aliphatic carbocycles. The number of benzene rings is 1. The number of hydrogen-bond donors (Lipinski definition) is 1. The van der Waals surface area contributed by atoms with Crippen molar-refractivity contribution < 1.29 is 9.50 Å². The van der Waals surface area contributed by atoms with Crippen molar-refractivity contribution in [3.8, 4) is 0 Å². The number of rotatable bonds is 2. The Hall–Kier alpha value is -0.930. The van der Waals surface area contributed by atoms with E-state index < -0.39 is 0 Å². The number of likely N-dealkylation sites (tertiary alicyclic amines) is 1. The summed E-state index contributed by atoms with van der Waals surface area (Å²) in [5, 5.41) is 9.83. The van der Waals surface area contributed by atoms with Crippen molar-refractivity contribution in [2.24, 2.45) is 5.92 Å². The summed E-state index contributed by atoms with van der Waals surface area (Å²) in [6, 6.07) is 4.90.